The molecule has 0 unspecified atom stereocenters. The van der Waals surface area contributed by atoms with E-state index in [1.54, 1.807) is 7.11 Å². The summed E-state index contributed by atoms with van der Waals surface area (Å²) in [5.41, 5.74) is 12.5. The maximum Gasteiger partial charge on any atom is 0.334 e. The van der Waals surface area contributed by atoms with Gasteiger partial charge in [-0.25, -0.2) is 4.98 Å². The number of nitrogen functional groups attached to an aromatic ring is 1. The third-order valence-electron chi connectivity index (χ3n) is 7.31. The van der Waals surface area contributed by atoms with Gasteiger partial charge >= 0.3 is 5.69 Å². The standard InChI is InChI=1S/C30H33N5O3/c1-20-16-22(8-11-24(20)19-34-14-3-4-15-34)18-32-30-29(35(36)37)28(31)27-23(6-5-7-26(27)33-30)17-21-9-12-25(38-2)13-10-21/h5-13,16H,3-4,14-15,17-19H2,1-2H3,(H3,31,32,33). The highest BCUT2D eigenvalue weighted by Crippen LogP contribution is 2.38. The Morgan fingerprint density at radius 3 is 2.47 bits per heavy atom. The molecule has 3 N–H and O–H groups in total. The summed E-state index contributed by atoms with van der Waals surface area (Å²) in [5.74, 6) is 0.955. The number of pyridine rings is 1. The first-order chi connectivity index (χ1) is 18.4. The van der Waals surface area contributed by atoms with Gasteiger partial charge in [0.15, 0.2) is 0 Å². The fourth-order valence-corrected chi connectivity index (χ4v) is 5.24. The molecule has 1 aliphatic rings. The van der Waals surface area contributed by atoms with Crippen molar-refractivity contribution in [3.8, 4) is 5.75 Å². The van der Waals surface area contributed by atoms with Crippen molar-refractivity contribution in [1.82, 2.24) is 9.88 Å². The highest BCUT2D eigenvalue weighted by Gasteiger charge is 2.24. The first-order valence-corrected chi connectivity index (χ1v) is 13.0. The van der Waals surface area contributed by atoms with Crippen LogP contribution in [-0.4, -0.2) is 35.0 Å². The van der Waals surface area contributed by atoms with E-state index in [4.69, 9.17) is 10.5 Å². The number of nitrogens with zero attached hydrogens (tertiary/aromatic N) is 3. The molecule has 0 aliphatic carbocycles. The first-order valence-electron chi connectivity index (χ1n) is 13.0. The van der Waals surface area contributed by atoms with Crippen LogP contribution in [0.25, 0.3) is 10.9 Å². The van der Waals surface area contributed by atoms with Crippen LogP contribution in [0.4, 0.5) is 17.2 Å². The molecule has 3 aromatic carbocycles. The molecule has 8 nitrogen and oxygen atoms in total. The lowest BCUT2D eigenvalue weighted by Crippen LogP contribution is -2.19. The number of likely N-dealkylation sites (tertiary alicyclic amines) is 1. The SMILES string of the molecule is COc1ccc(Cc2cccc3nc(NCc4ccc(CN5CCCC5)c(C)c4)c([N+](=O)[O-])c(N)c23)cc1. The number of anilines is 2. The van der Waals surface area contributed by atoms with Crippen LogP contribution in [0, 0.1) is 17.0 Å². The third kappa shape index (κ3) is 5.40. The Morgan fingerprint density at radius 2 is 1.79 bits per heavy atom. The number of aromatic nitrogens is 1. The number of fused-ring (bicyclic) bond motifs is 1. The number of rotatable bonds is 9. The Morgan fingerprint density at radius 1 is 1.05 bits per heavy atom. The normalized spacial score (nSPS) is 13.6. The van der Waals surface area contributed by atoms with Gasteiger partial charge < -0.3 is 15.8 Å². The van der Waals surface area contributed by atoms with Gasteiger partial charge in [-0.3, -0.25) is 15.0 Å². The molecule has 1 fully saturated rings. The molecular formula is C30H33N5O3. The Balaban J connectivity index is 1.40. The lowest BCUT2D eigenvalue weighted by Gasteiger charge is -2.17. The Labute approximate surface area is 222 Å². The number of methoxy groups -OCH3 is 1. The molecule has 5 rings (SSSR count). The second kappa shape index (κ2) is 11.1. The summed E-state index contributed by atoms with van der Waals surface area (Å²) in [4.78, 5) is 18.8. The zero-order valence-electron chi connectivity index (χ0n) is 21.9. The van der Waals surface area contributed by atoms with Gasteiger partial charge in [0.05, 0.1) is 17.5 Å². The van der Waals surface area contributed by atoms with Gasteiger partial charge in [0.2, 0.25) is 5.82 Å². The number of ether oxygens (including phenoxy) is 1. The lowest BCUT2D eigenvalue weighted by atomic mass is 9.99. The summed E-state index contributed by atoms with van der Waals surface area (Å²) in [5, 5.41) is 15.9. The summed E-state index contributed by atoms with van der Waals surface area (Å²) in [7, 11) is 1.63. The van der Waals surface area contributed by atoms with Crippen LogP contribution in [0.5, 0.6) is 5.75 Å². The topological polar surface area (TPSA) is 107 Å². The molecule has 1 saturated heterocycles. The molecule has 196 valence electrons. The smallest absolute Gasteiger partial charge is 0.334 e. The van der Waals surface area contributed by atoms with Crippen molar-refractivity contribution in [1.29, 1.82) is 0 Å². The number of nitrogens with two attached hydrogens (primary N) is 1. The highest BCUT2D eigenvalue weighted by atomic mass is 16.6. The molecule has 8 heteroatoms. The van der Waals surface area contributed by atoms with Crippen molar-refractivity contribution < 1.29 is 9.66 Å². The number of nitro groups is 1. The molecule has 38 heavy (non-hydrogen) atoms. The van der Waals surface area contributed by atoms with Crippen LogP contribution in [0.2, 0.25) is 0 Å². The lowest BCUT2D eigenvalue weighted by molar-refractivity contribution is -0.383. The van der Waals surface area contributed by atoms with Crippen LogP contribution >= 0.6 is 0 Å². The minimum absolute atomic E-state index is 0.128. The average molecular weight is 512 g/mol. The van der Waals surface area contributed by atoms with E-state index in [0.29, 0.717) is 23.9 Å². The maximum absolute atomic E-state index is 12.1. The van der Waals surface area contributed by atoms with Gasteiger partial charge in [-0.1, -0.05) is 42.5 Å². The summed E-state index contributed by atoms with van der Waals surface area (Å²) >= 11 is 0. The number of hydrogen-bond acceptors (Lipinski definition) is 7. The quantitative estimate of drug-likeness (QED) is 0.215. The van der Waals surface area contributed by atoms with Crippen molar-refractivity contribution in [3.05, 3.63) is 98.6 Å². The fourth-order valence-electron chi connectivity index (χ4n) is 5.24. The predicted molar refractivity (Wildman–Crippen MR) is 152 cm³/mol. The summed E-state index contributed by atoms with van der Waals surface area (Å²) in [6.45, 7) is 5.81. The number of benzene rings is 3. The monoisotopic (exact) mass is 511 g/mol. The molecule has 0 spiro atoms. The Bertz CT molecular complexity index is 1460. The minimum Gasteiger partial charge on any atom is -0.497 e. The molecule has 0 amide bonds. The van der Waals surface area contributed by atoms with Crippen LogP contribution in [0.15, 0.2) is 60.7 Å². The molecule has 1 aliphatic heterocycles. The van der Waals surface area contributed by atoms with Crippen LogP contribution in [0.3, 0.4) is 0 Å². The van der Waals surface area contributed by atoms with Gasteiger partial charge in [0, 0.05) is 18.5 Å². The van der Waals surface area contributed by atoms with Gasteiger partial charge in [-0.05, 0) is 85.3 Å². The predicted octanol–water partition coefficient (Wildman–Crippen LogP) is 5.84. The van der Waals surface area contributed by atoms with Crippen LogP contribution < -0.4 is 15.8 Å². The van der Waals surface area contributed by atoms with Crippen molar-refractivity contribution in [3.63, 3.8) is 0 Å². The van der Waals surface area contributed by atoms with Gasteiger partial charge in [-0.2, -0.15) is 0 Å². The fraction of sp³-hybridized carbons (Fsp3) is 0.300. The molecular weight excluding hydrogens is 478 g/mol. The Hall–Kier alpha value is -4.17. The Kier molecular flexibility index (Phi) is 7.42. The minimum atomic E-state index is -0.446. The third-order valence-corrected chi connectivity index (χ3v) is 7.31. The van der Waals surface area contributed by atoms with E-state index < -0.39 is 4.92 Å². The molecule has 1 aromatic heterocycles. The summed E-state index contributed by atoms with van der Waals surface area (Å²) in [6.07, 6.45) is 3.11. The van der Waals surface area contributed by atoms with Crippen molar-refractivity contribution in [2.45, 2.75) is 39.3 Å². The zero-order chi connectivity index (χ0) is 26.6. The van der Waals surface area contributed by atoms with Crippen LogP contribution in [-0.2, 0) is 19.5 Å². The number of nitrogens with one attached hydrogen (secondary N) is 1. The maximum atomic E-state index is 12.1. The molecule has 0 saturated carbocycles. The molecule has 0 radical (unpaired) electrons. The van der Waals surface area contributed by atoms with Crippen LogP contribution in [0.1, 0.15) is 40.7 Å². The molecule has 0 bridgehead atoms. The van der Waals surface area contributed by atoms with Gasteiger partial charge in [0.1, 0.15) is 11.4 Å². The summed E-state index contributed by atoms with van der Waals surface area (Å²) in [6, 6.07) is 19.8. The zero-order valence-corrected chi connectivity index (χ0v) is 21.9. The first kappa shape index (κ1) is 25.5. The summed E-state index contributed by atoms with van der Waals surface area (Å²) < 4.78 is 5.24. The van der Waals surface area contributed by atoms with Gasteiger partial charge in [0.25, 0.3) is 0 Å². The van der Waals surface area contributed by atoms with E-state index in [-0.39, 0.29) is 17.2 Å². The van der Waals surface area contributed by atoms with E-state index in [1.807, 2.05) is 42.5 Å². The second-order valence-corrected chi connectivity index (χ2v) is 9.91. The van der Waals surface area contributed by atoms with E-state index in [1.165, 1.54) is 24.0 Å². The average Bonchev–Trinajstić information content (AvgIpc) is 3.42. The second-order valence-electron chi connectivity index (χ2n) is 9.91. The van der Waals surface area contributed by atoms with E-state index in [2.05, 4.69) is 40.3 Å². The van der Waals surface area contributed by atoms with E-state index in [0.717, 1.165) is 42.1 Å². The van der Waals surface area contributed by atoms with E-state index >= 15 is 0 Å². The van der Waals surface area contributed by atoms with Crippen molar-refractivity contribution in [2.75, 3.05) is 31.2 Å². The molecule has 4 aromatic rings. The largest absolute Gasteiger partial charge is 0.497 e. The van der Waals surface area contributed by atoms with E-state index in [9.17, 15) is 10.1 Å². The van der Waals surface area contributed by atoms with Gasteiger partial charge in [-0.15, -0.1) is 0 Å². The molecule has 2 heterocycles. The molecule has 0 atom stereocenters. The van der Waals surface area contributed by atoms with Crippen molar-refractivity contribution >= 4 is 28.1 Å². The number of hydrogen-bond donors (Lipinski definition) is 2. The highest BCUT2D eigenvalue weighted by molar-refractivity contribution is 6.00. The number of aryl methyl sites for hydroxylation is 1. The van der Waals surface area contributed by atoms with Crippen molar-refractivity contribution in [2.24, 2.45) is 0 Å².